The summed E-state index contributed by atoms with van der Waals surface area (Å²) in [6.07, 6.45) is 2.48. The number of methoxy groups -OCH3 is 2. The van der Waals surface area contributed by atoms with Crippen molar-refractivity contribution in [2.45, 2.75) is 25.9 Å². The summed E-state index contributed by atoms with van der Waals surface area (Å²) >= 11 is 0. The lowest BCUT2D eigenvalue weighted by molar-refractivity contribution is 0.120. The Morgan fingerprint density at radius 2 is 1.92 bits per heavy atom. The molecule has 0 bridgehead atoms. The van der Waals surface area contributed by atoms with Crippen molar-refractivity contribution in [1.82, 2.24) is 9.97 Å². The fourth-order valence-corrected chi connectivity index (χ4v) is 2.81. The molecule has 2 heterocycles. The molecular formula is C18H24N4O3. The minimum atomic E-state index is 0.262. The average Bonchev–Trinajstić information content (AvgIpc) is 3.13. The number of benzene rings is 1. The number of nitrogens with one attached hydrogen (secondary N) is 2. The van der Waals surface area contributed by atoms with Crippen molar-refractivity contribution in [3.63, 3.8) is 0 Å². The van der Waals surface area contributed by atoms with Gasteiger partial charge in [0.05, 0.1) is 20.3 Å². The highest BCUT2D eigenvalue weighted by molar-refractivity contribution is 5.63. The van der Waals surface area contributed by atoms with Gasteiger partial charge in [0.15, 0.2) is 11.5 Å². The molecule has 2 N–H and O–H groups in total. The van der Waals surface area contributed by atoms with Crippen LogP contribution in [0.2, 0.25) is 0 Å². The van der Waals surface area contributed by atoms with Crippen molar-refractivity contribution in [3.05, 3.63) is 30.1 Å². The second-order valence-corrected chi connectivity index (χ2v) is 5.90. The first-order valence-corrected chi connectivity index (χ1v) is 8.38. The number of ether oxygens (including phenoxy) is 3. The van der Waals surface area contributed by atoms with Crippen LogP contribution in [0.3, 0.4) is 0 Å². The summed E-state index contributed by atoms with van der Waals surface area (Å²) in [6.45, 7) is 3.48. The second kappa shape index (κ2) is 8.02. The number of aryl methyl sites for hydroxylation is 1. The number of nitrogens with zero attached hydrogens (tertiary/aromatic N) is 2. The molecule has 0 spiro atoms. The van der Waals surface area contributed by atoms with Crippen molar-refractivity contribution in [1.29, 1.82) is 0 Å². The molecule has 134 valence electrons. The molecule has 0 saturated carbocycles. The highest BCUT2D eigenvalue weighted by Gasteiger charge is 2.15. The van der Waals surface area contributed by atoms with Crippen LogP contribution in [-0.2, 0) is 4.74 Å². The van der Waals surface area contributed by atoms with E-state index < -0.39 is 0 Å². The lowest BCUT2D eigenvalue weighted by Gasteiger charge is -2.14. The van der Waals surface area contributed by atoms with Gasteiger partial charge in [-0.2, -0.15) is 0 Å². The minimum Gasteiger partial charge on any atom is -0.493 e. The monoisotopic (exact) mass is 344 g/mol. The Morgan fingerprint density at radius 3 is 2.64 bits per heavy atom. The minimum absolute atomic E-state index is 0.262. The van der Waals surface area contributed by atoms with Crippen LogP contribution in [0.15, 0.2) is 24.3 Å². The summed E-state index contributed by atoms with van der Waals surface area (Å²) < 4.78 is 16.2. The third kappa shape index (κ3) is 4.51. The Balaban J connectivity index is 1.71. The summed E-state index contributed by atoms with van der Waals surface area (Å²) in [4.78, 5) is 8.88. The number of rotatable bonds is 7. The Kier molecular flexibility index (Phi) is 5.55. The van der Waals surface area contributed by atoms with Gasteiger partial charge in [0.2, 0.25) is 0 Å². The summed E-state index contributed by atoms with van der Waals surface area (Å²) in [7, 11) is 3.23. The van der Waals surface area contributed by atoms with Crippen LogP contribution < -0.4 is 20.1 Å². The average molecular weight is 344 g/mol. The summed E-state index contributed by atoms with van der Waals surface area (Å²) in [5.74, 6) is 3.54. The van der Waals surface area contributed by atoms with E-state index >= 15 is 0 Å². The molecule has 1 aliphatic heterocycles. The summed E-state index contributed by atoms with van der Waals surface area (Å²) in [6, 6.07) is 7.53. The Bertz CT molecular complexity index is 717. The molecule has 0 radical (unpaired) electrons. The zero-order chi connectivity index (χ0) is 17.6. The first-order valence-electron chi connectivity index (χ1n) is 8.38. The largest absolute Gasteiger partial charge is 0.493 e. The summed E-state index contributed by atoms with van der Waals surface area (Å²) in [5, 5.41) is 6.61. The van der Waals surface area contributed by atoms with Crippen molar-refractivity contribution >= 4 is 17.3 Å². The SMILES string of the molecule is COc1ccc(Nc2cc(NCC3CCCO3)nc(C)n2)cc1OC. The standard InChI is InChI=1S/C18H24N4O3/c1-12-20-17(19-11-14-5-4-8-25-14)10-18(21-12)22-13-6-7-15(23-2)16(9-13)24-3/h6-7,9-10,14H,4-5,8,11H2,1-3H3,(H2,19,20,21,22). The molecule has 3 rings (SSSR count). The van der Waals surface area contributed by atoms with Crippen LogP contribution in [0.5, 0.6) is 11.5 Å². The normalized spacial score (nSPS) is 16.5. The maximum Gasteiger partial charge on any atom is 0.162 e. The molecule has 1 aromatic heterocycles. The molecule has 1 saturated heterocycles. The molecule has 7 heteroatoms. The number of anilines is 3. The van der Waals surface area contributed by atoms with Gasteiger partial charge in [-0.25, -0.2) is 9.97 Å². The van der Waals surface area contributed by atoms with Gasteiger partial charge in [-0.3, -0.25) is 0 Å². The van der Waals surface area contributed by atoms with E-state index in [0.29, 0.717) is 17.3 Å². The molecule has 1 unspecified atom stereocenters. The zero-order valence-corrected chi connectivity index (χ0v) is 14.8. The van der Waals surface area contributed by atoms with E-state index in [2.05, 4.69) is 20.6 Å². The Morgan fingerprint density at radius 1 is 1.12 bits per heavy atom. The topological polar surface area (TPSA) is 77.5 Å². The molecule has 7 nitrogen and oxygen atoms in total. The maximum atomic E-state index is 5.63. The maximum absolute atomic E-state index is 5.63. The molecule has 0 amide bonds. The summed E-state index contributed by atoms with van der Waals surface area (Å²) in [5.41, 5.74) is 0.862. The van der Waals surface area contributed by atoms with Crippen molar-refractivity contribution in [3.8, 4) is 11.5 Å². The Hall–Kier alpha value is -2.54. The third-order valence-electron chi connectivity index (χ3n) is 4.03. The van der Waals surface area contributed by atoms with Gasteiger partial charge in [-0.05, 0) is 31.9 Å². The van der Waals surface area contributed by atoms with Crippen molar-refractivity contribution < 1.29 is 14.2 Å². The van der Waals surface area contributed by atoms with Gasteiger partial charge in [-0.15, -0.1) is 0 Å². The molecule has 1 aliphatic rings. The molecule has 1 fully saturated rings. The van der Waals surface area contributed by atoms with Gasteiger partial charge >= 0.3 is 0 Å². The van der Waals surface area contributed by atoms with E-state index in [1.54, 1.807) is 14.2 Å². The number of hydrogen-bond acceptors (Lipinski definition) is 7. The molecule has 0 aliphatic carbocycles. The van der Waals surface area contributed by atoms with E-state index in [1.807, 2.05) is 31.2 Å². The lowest BCUT2D eigenvalue weighted by Crippen LogP contribution is -2.19. The van der Waals surface area contributed by atoms with Gasteiger partial charge < -0.3 is 24.8 Å². The molecular weight excluding hydrogens is 320 g/mol. The van der Waals surface area contributed by atoms with E-state index in [0.717, 1.165) is 43.3 Å². The van der Waals surface area contributed by atoms with Crippen LogP contribution in [0.25, 0.3) is 0 Å². The second-order valence-electron chi connectivity index (χ2n) is 5.90. The fraction of sp³-hybridized carbons (Fsp3) is 0.444. The Labute approximate surface area is 147 Å². The first-order chi connectivity index (χ1) is 12.2. The molecule has 1 aromatic carbocycles. The van der Waals surface area contributed by atoms with Gasteiger partial charge in [0, 0.05) is 31.0 Å². The van der Waals surface area contributed by atoms with Crippen LogP contribution in [0.1, 0.15) is 18.7 Å². The van der Waals surface area contributed by atoms with Gasteiger partial charge in [0.25, 0.3) is 0 Å². The van der Waals surface area contributed by atoms with Gasteiger partial charge in [0.1, 0.15) is 17.5 Å². The van der Waals surface area contributed by atoms with Crippen LogP contribution >= 0.6 is 0 Å². The van der Waals surface area contributed by atoms with E-state index in [9.17, 15) is 0 Å². The smallest absolute Gasteiger partial charge is 0.162 e. The quantitative estimate of drug-likeness (QED) is 0.799. The van der Waals surface area contributed by atoms with Crippen molar-refractivity contribution in [2.75, 3.05) is 38.0 Å². The number of hydrogen-bond donors (Lipinski definition) is 2. The predicted octanol–water partition coefficient (Wildman–Crippen LogP) is 3.14. The number of aromatic nitrogens is 2. The van der Waals surface area contributed by atoms with E-state index in [4.69, 9.17) is 14.2 Å². The van der Waals surface area contributed by atoms with Crippen molar-refractivity contribution in [2.24, 2.45) is 0 Å². The fourth-order valence-electron chi connectivity index (χ4n) is 2.81. The lowest BCUT2D eigenvalue weighted by atomic mass is 10.2. The predicted molar refractivity (Wildman–Crippen MR) is 97.1 cm³/mol. The van der Waals surface area contributed by atoms with E-state index in [1.165, 1.54) is 0 Å². The molecule has 2 aromatic rings. The third-order valence-corrected chi connectivity index (χ3v) is 4.03. The highest BCUT2D eigenvalue weighted by atomic mass is 16.5. The van der Waals surface area contributed by atoms with E-state index in [-0.39, 0.29) is 6.10 Å². The zero-order valence-electron chi connectivity index (χ0n) is 14.8. The first kappa shape index (κ1) is 17.3. The molecule has 1 atom stereocenters. The van der Waals surface area contributed by atoms with Crippen LogP contribution in [0.4, 0.5) is 17.3 Å². The van der Waals surface area contributed by atoms with Gasteiger partial charge in [-0.1, -0.05) is 0 Å². The van der Waals surface area contributed by atoms with Crippen LogP contribution in [0, 0.1) is 6.92 Å². The van der Waals surface area contributed by atoms with Crippen LogP contribution in [-0.4, -0.2) is 43.4 Å². The molecule has 25 heavy (non-hydrogen) atoms. The highest BCUT2D eigenvalue weighted by Crippen LogP contribution is 2.31.